The van der Waals surface area contributed by atoms with E-state index in [1.807, 2.05) is 0 Å². The lowest BCUT2D eigenvalue weighted by Gasteiger charge is -2.17. The lowest BCUT2D eigenvalue weighted by molar-refractivity contribution is 0.0112. The second-order valence-electron chi connectivity index (χ2n) is 4.58. The second-order valence-corrected chi connectivity index (χ2v) is 4.92. The minimum absolute atomic E-state index is 0.0384. The second kappa shape index (κ2) is 4.79. The Morgan fingerprint density at radius 2 is 2.10 bits per heavy atom. The van der Waals surface area contributed by atoms with E-state index in [9.17, 15) is 10.2 Å². The van der Waals surface area contributed by atoms with Gasteiger partial charge in [-0.15, -0.1) is 0 Å². The van der Waals surface area contributed by atoms with Gasteiger partial charge >= 0.3 is 0 Å². The van der Waals surface area contributed by atoms with E-state index in [0.29, 0.717) is 11.2 Å². The third-order valence-corrected chi connectivity index (χ3v) is 3.56. The number of hydrogen-bond acceptors (Lipinski definition) is 8. The predicted molar refractivity (Wildman–Crippen MR) is 69.8 cm³/mol. The monoisotopic (exact) mass is 300 g/mol. The maximum Gasteiger partial charge on any atom is 0.226 e. The smallest absolute Gasteiger partial charge is 0.226 e. The first-order valence-electron chi connectivity index (χ1n) is 5.91. The van der Waals surface area contributed by atoms with Crippen LogP contribution in [0.25, 0.3) is 11.2 Å². The molecule has 0 aromatic carbocycles. The van der Waals surface area contributed by atoms with E-state index in [4.69, 9.17) is 22.4 Å². The average molecular weight is 301 g/mol. The molecular weight excluding hydrogens is 288 g/mol. The normalized spacial score (nSPS) is 30.2. The summed E-state index contributed by atoms with van der Waals surface area (Å²) in [5, 5.41) is 31.9. The van der Waals surface area contributed by atoms with Crippen molar-refractivity contribution in [2.24, 2.45) is 0 Å². The van der Waals surface area contributed by atoms with Gasteiger partial charge in [0.1, 0.15) is 23.9 Å². The van der Waals surface area contributed by atoms with Crippen molar-refractivity contribution >= 4 is 28.6 Å². The van der Waals surface area contributed by atoms with E-state index < -0.39 is 24.4 Å². The molecule has 2 aromatic heterocycles. The Kier molecular flexibility index (Phi) is 3.22. The van der Waals surface area contributed by atoms with Gasteiger partial charge in [0, 0.05) is 0 Å². The Bertz CT molecular complexity index is 649. The number of nitrogens with one attached hydrogen (secondary N) is 1. The molecule has 10 heteroatoms. The van der Waals surface area contributed by atoms with E-state index in [1.54, 1.807) is 0 Å². The van der Waals surface area contributed by atoms with E-state index in [-0.39, 0.29) is 17.7 Å². The van der Waals surface area contributed by atoms with Crippen LogP contribution >= 0.6 is 11.6 Å². The molecule has 0 unspecified atom stereocenters. The third kappa shape index (κ3) is 1.91. The number of nitrogen functional groups attached to an aromatic ring is 1. The van der Waals surface area contributed by atoms with Gasteiger partial charge in [0.2, 0.25) is 5.28 Å². The summed E-state index contributed by atoms with van der Waals surface area (Å²) in [5.41, 5.74) is 6.39. The van der Waals surface area contributed by atoms with Crippen LogP contribution in [-0.2, 0) is 0 Å². The molecule has 0 saturated carbocycles. The Labute approximate surface area is 118 Å². The van der Waals surface area contributed by atoms with Crippen molar-refractivity contribution in [3.05, 3.63) is 11.6 Å². The van der Waals surface area contributed by atoms with Gasteiger partial charge in [-0.25, -0.2) is 4.98 Å². The molecule has 1 fully saturated rings. The number of imidazole rings is 1. The van der Waals surface area contributed by atoms with Crippen LogP contribution in [-0.4, -0.2) is 59.7 Å². The highest BCUT2D eigenvalue weighted by molar-refractivity contribution is 6.28. The summed E-state index contributed by atoms with van der Waals surface area (Å²) in [4.78, 5) is 11.9. The summed E-state index contributed by atoms with van der Waals surface area (Å²) >= 11 is 5.76. The molecule has 3 rings (SSSR count). The van der Waals surface area contributed by atoms with Crippen LogP contribution < -0.4 is 11.1 Å². The van der Waals surface area contributed by atoms with Crippen LogP contribution in [0, 0.1) is 0 Å². The number of aromatic nitrogens is 4. The van der Waals surface area contributed by atoms with E-state index in [2.05, 4.69) is 20.3 Å². The Morgan fingerprint density at radius 1 is 1.35 bits per heavy atom. The van der Waals surface area contributed by atoms with Crippen LogP contribution in [0.4, 0.5) is 5.82 Å². The topological polar surface area (TPSA) is 142 Å². The molecule has 0 amide bonds. The van der Waals surface area contributed by atoms with Crippen LogP contribution in [0.5, 0.6) is 0 Å². The van der Waals surface area contributed by atoms with Crippen LogP contribution in [0.3, 0.4) is 0 Å². The molecule has 0 bridgehead atoms. The SMILES string of the molecule is Nc1nc(Cl)nc2c1ncn2[C@@H]1N[C@H](CO)[C@@H](O)[C@H]1O. The summed E-state index contributed by atoms with van der Waals surface area (Å²) in [6.45, 7) is -0.306. The van der Waals surface area contributed by atoms with Crippen LogP contribution in [0.2, 0.25) is 5.28 Å². The molecule has 1 aliphatic rings. The van der Waals surface area contributed by atoms with Crippen molar-refractivity contribution in [2.45, 2.75) is 24.4 Å². The molecule has 108 valence electrons. The van der Waals surface area contributed by atoms with Crippen molar-refractivity contribution in [1.29, 1.82) is 0 Å². The molecule has 2 aromatic rings. The zero-order valence-electron chi connectivity index (χ0n) is 10.2. The fraction of sp³-hybridized carbons (Fsp3) is 0.500. The lowest BCUT2D eigenvalue weighted by Crippen LogP contribution is -2.36. The number of fused-ring (bicyclic) bond motifs is 1. The Hall–Kier alpha value is -1.52. The quantitative estimate of drug-likeness (QED) is 0.411. The molecule has 1 saturated heterocycles. The highest BCUT2D eigenvalue weighted by atomic mass is 35.5. The van der Waals surface area contributed by atoms with Gasteiger partial charge in [0.05, 0.1) is 19.0 Å². The third-order valence-electron chi connectivity index (χ3n) is 3.39. The molecule has 9 nitrogen and oxygen atoms in total. The van der Waals surface area contributed by atoms with Gasteiger partial charge in [0.25, 0.3) is 0 Å². The van der Waals surface area contributed by atoms with Crippen LogP contribution in [0.15, 0.2) is 6.33 Å². The Morgan fingerprint density at radius 3 is 2.75 bits per heavy atom. The number of nitrogens with zero attached hydrogens (tertiary/aromatic N) is 4. The molecular formula is C10H13ClN6O3. The summed E-state index contributed by atoms with van der Waals surface area (Å²) in [5.74, 6) is 0.130. The molecule has 0 aliphatic carbocycles. The van der Waals surface area contributed by atoms with Crippen molar-refractivity contribution in [3.8, 4) is 0 Å². The maximum absolute atomic E-state index is 10.0. The number of nitrogens with two attached hydrogens (primary N) is 1. The molecule has 6 N–H and O–H groups in total. The van der Waals surface area contributed by atoms with E-state index in [1.165, 1.54) is 10.9 Å². The molecule has 3 heterocycles. The van der Waals surface area contributed by atoms with Gasteiger partial charge in [0.15, 0.2) is 11.5 Å². The largest absolute Gasteiger partial charge is 0.395 e. The molecule has 1 aliphatic heterocycles. The van der Waals surface area contributed by atoms with Gasteiger partial charge in [-0.05, 0) is 11.6 Å². The molecule has 0 radical (unpaired) electrons. The van der Waals surface area contributed by atoms with E-state index >= 15 is 0 Å². The predicted octanol–water partition coefficient (Wildman–Crippen LogP) is -1.75. The van der Waals surface area contributed by atoms with Crippen LogP contribution in [0.1, 0.15) is 6.17 Å². The van der Waals surface area contributed by atoms with E-state index in [0.717, 1.165) is 0 Å². The summed E-state index contributed by atoms with van der Waals surface area (Å²) < 4.78 is 1.50. The standard InChI is InChI=1S/C10H13ClN6O3/c11-10-15-7(12)4-8(16-10)17(2-13-4)9-6(20)5(19)3(1-18)14-9/h2-3,5-6,9,14,18-20H,1H2,(H2,12,15,16)/t3-,5-,6-,9+/m1/s1. The van der Waals surface area contributed by atoms with Crippen molar-refractivity contribution in [2.75, 3.05) is 12.3 Å². The first-order valence-corrected chi connectivity index (χ1v) is 6.29. The zero-order chi connectivity index (χ0) is 14.4. The number of rotatable bonds is 2. The fourth-order valence-electron chi connectivity index (χ4n) is 2.36. The fourth-order valence-corrected chi connectivity index (χ4v) is 2.53. The lowest BCUT2D eigenvalue weighted by atomic mass is 10.1. The zero-order valence-corrected chi connectivity index (χ0v) is 10.9. The van der Waals surface area contributed by atoms with Gasteiger partial charge < -0.3 is 21.1 Å². The number of halogens is 1. The van der Waals surface area contributed by atoms with Crippen molar-refractivity contribution in [1.82, 2.24) is 24.8 Å². The average Bonchev–Trinajstić information content (AvgIpc) is 2.93. The number of aliphatic hydroxyl groups is 3. The summed E-state index contributed by atoms with van der Waals surface area (Å²) in [6, 6.07) is -0.637. The number of aliphatic hydroxyl groups excluding tert-OH is 3. The minimum Gasteiger partial charge on any atom is -0.395 e. The van der Waals surface area contributed by atoms with Crippen molar-refractivity contribution < 1.29 is 15.3 Å². The Balaban J connectivity index is 2.07. The molecule has 4 atom stereocenters. The number of anilines is 1. The first kappa shape index (κ1) is 13.5. The molecule has 0 spiro atoms. The maximum atomic E-state index is 10.0. The summed E-state index contributed by atoms with van der Waals surface area (Å²) in [7, 11) is 0. The minimum atomic E-state index is -1.13. The van der Waals surface area contributed by atoms with Gasteiger partial charge in [-0.2, -0.15) is 9.97 Å². The number of hydrogen-bond donors (Lipinski definition) is 5. The summed E-state index contributed by atoms with van der Waals surface area (Å²) in [6.07, 6.45) is -1.51. The van der Waals surface area contributed by atoms with Gasteiger partial charge in [-0.1, -0.05) is 0 Å². The van der Waals surface area contributed by atoms with Crippen molar-refractivity contribution in [3.63, 3.8) is 0 Å². The highest BCUT2D eigenvalue weighted by Gasteiger charge is 2.42. The highest BCUT2D eigenvalue weighted by Crippen LogP contribution is 2.27. The van der Waals surface area contributed by atoms with Gasteiger partial charge in [-0.3, -0.25) is 9.88 Å². The molecule has 20 heavy (non-hydrogen) atoms. The first-order chi connectivity index (χ1) is 9.52.